The van der Waals surface area contributed by atoms with Crippen molar-refractivity contribution in [3.05, 3.63) is 0 Å². The van der Waals surface area contributed by atoms with Gasteiger partial charge < -0.3 is 9.38 Å². The lowest BCUT2D eigenvalue weighted by molar-refractivity contribution is -0.893. The normalized spacial score (nSPS) is 29.4. The molecule has 1 aliphatic heterocycles. The Morgan fingerprint density at radius 1 is 1.30 bits per heavy atom. The summed E-state index contributed by atoms with van der Waals surface area (Å²) in [5.74, 6) is 0. The van der Waals surface area contributed by atoms with E-state index in [1.165, 1.54) is 19.5 Å². The third-order valence-electron chi connectivity index (χ3n) is 2.46. The maximum atomic E-state index is 2.41. The van der Waals surface area contributed by atoms with Crippen molar-refractivity contribution in [2.45, 2.75) is 12.5 Å². The molecule has 0 spiro atoms. The van der Waals surface area contributed by atoms with Crippen molar-refractivity contribution in [2.75, 3.05) is 41.3 Å². The maximum absolute atomic E-state index is 2.41. The summed E-state index contributed by atoms with van der Waals surface area (Å²) in [4.78, 5) is 2.41. The lowest BCUT2D eigenvalue weighted by Crippen LogP contribution is -2.46. The molecule has 10 heavy (non-hydrogen) atoms. The van der Waals surface area contributed by atoms with Crippen LogP contribution in [-0.2, 0) is 0 Å². The van der Waals surface area contributed by atoms with Gasteiger partial charge in [0.15, 0.2) is 0 Å². The van der Waals surface area contributed by atoms with Gasteiger partial charge in [-0.3, -0.25) is 0 Å². The van der Waals surface area contributed by atoms with Crippen LogP contribution in [0.15, 0.2) is 0 Å². The smallest absolute Gasteiger partial charge is 0.102 e. The van der Waals surface area contributed by atoms with Crippen LogP contribution < -0.4 is 0 Å². The number of hydrogen-bond donors (Lipinski definition) is 0. The molecule has 0 bridgehead atoms. The first-order valence-corrected chi connectivity index (χ1v) is 4.00. The molecule has 1 rings (SSSR count). The summed E-state index contributed by atoms with van der Waals surface area (Å²) in [6.07, 6.45) is 1.36. The van der Waals surface area contributed by atoms with E-state index in [0.717, 1.165) is 10.5 Å². The van der Waals surface area contributed by atoms with E-state index in [4.69, 9.17) is 0 Å². The fraction of sp³-hybridized carbons (Fsp3) is 1.00. The monoisotopic (exact) mass is 143 g/mol. The molecule has 60 valence electrons. The molecule has 1 atom stereocenters. The second-order valence-electron chi connectivity index (χ2n) is 4.32. The Kier molecular flexibility index (Phi) is 2.02. The van der Waals surface area contributed by atoms with Gasteiger partial charge in [-0.15, -0.1) is 0 Å². The topological polar surface area (TPSA) is 3.24 Å². The fourth-order valence-electron chi connectivity index (χ4n) is 1.54. The summed E-state index contributed by atoms with van der Waals surface area (Å²) in [5.41, 5.74) is 0. The van der Waals surface area contributed by atoms with Gasteiger partial charge in [0.05, 0.1) is 27.7 Å². The first-order chi connectivity index (χ1) is 4.50. The van der Waals surface area contributed by atoms with Crippen molar-refractivity contribution in [2.24, 2.45) is 0 Å². The van der Waals surface area contributed by atoms with Crippen LogP contribution >= 0.6 is 0 Å². The molecule has 1 fully saturated rings. The average molecular weight is 143 g/mol. The molecule has 0 N–H and O–H groups in total. The predicted molar refractivity (Wildman–Crippen MR) is 43.9 cm³/mol. The van der Waals surface area contributed by atoms with Crippen LogP contribution in [0.4, 0.5) is 0 Å². The molecule has 1 heterocycles. The minimum absolute atomic E-state index is 0.852. The molecule has 0 aromatic rings. The van der Waals surface area contributed by atoms with Crippen LogP contribution in [0.2, 0.25) is 0 Å². The number of rotatable bonds is 1. The highest BCUT2D eigenvalue weighted by molar-refractivity contribution is 4.72. The second-order valence-corrected chi connectivity index (χ2v) is 4.32. The molecule has 0 aromatic carbocycles. The summed E-state index contributed by atoms with van der Waals surface area (Å²) < 4.78 is 1.12. The molecular weight excluding hydrogens is 124 g/mol. The summed E-state index contributed by atoms with van der Waals surface area (Å²) in [7, 11) is 9.05. The SMILES string of the molecule is CN1CCC([N+](C)(C)C)C1. The van der Waals surface area contributed by atoms with Crippen molar-refractivity contribution in [1.29, 1.82) is 0 Å². The van der Waals surface area contributed by atoms with Gasteiger partial charge in [-0.05, 0) is 7.05 Å². The van der Waals surface area contributed by atoms with Crippen LogP contribution in [0.25, 0.3) is 0 Å². The lowest BCUT2D eigenvalue weighted by Gasteiger charge is -2.31. The predicted octanol–water partition coefficient (Wildman–Crippen LogP) is 0.397. The van der Waals surface area contributed by atoms with Crippen molar-refractivity contribution in [3.63, 3.8) is 0 Å². The van der Waals surface area contributed by atoms with Crippen molar-refractivity contribution >= 4 is 0 Å². The molecule has 0 radical (unpaired) electrons. The molecule has 2 nitrogen and oxygen atoms in total. The van der Waals surface area contributed by atoms with E-state index in [9.17, 15) is 0 Å². The number of quaternary nitrogens is 1. The fourth-order valence-corrected chi connectivity index (χ4v) is 1.54. The van der Waals surface area contributed by atoms with Gasteiger partial charge in [0, 0.05) is 13.0 Å². The maximum Gasteiger partial charge on any atom is 0.102 e. The highest BCUT2D eigenvalue weighted by Gasteiger charge is 2.29. The minimum Gasteiger partial charge on any atom is -0.327 e. The van der Waals surface area contributed by atoms with E-state index in [1.54, 1.807) is 0 Å². The van der Waals surface area contributed by atoms with E-state index < -0.39 is 0 Å². The molecule has 1 aliphatic rings. The number of likely N-dealkylation sites (N-methyl/N-ethyl adjacent to an activating group) is 2. The zero-order chi connectivity index (χ0) is 7.78. The van der Waals surface area contributed by atoms with Gasteiger partial charge in [-0.1, -0.05) is 0 Å². The van der Waals surface area contributed by atoms with E-state index >= 15 is 0 Å². The Balaban J connectivity index is 2.45. The molecule has 0 aliphatic carbocycles. The van der Waals surface area contributed by atoms with E-state index in [0.29, 0.717) is 0 Å². The van der Waals surface area contributed by atoms with Crippen molar-refractivity contribution in [3.8, 4) is 0 Å². The van der Waals surface area contributed by atoms with Crippen LogP contribution in [0.5, 0.6) is 0 Å². The third kappa shape index (κ3) is 1.70. The highest BCUT2D eigenvalue weighted by atomic mass is 15.3. The number of nitrogens with zero attached hydrogens (tertiary/aromatic N) is 2. The van der Waals surface area contributed by atoms with Gasteiger partial charge in [0.1, 0.15) is 6.04 Å². The second kappa shape index (κ2) is 2.51. The molecule has 0 saturated carbocycles. The van der Waals surface area contributed by atoms with E-state index in [-0.39, 0.29) is 0 Å². The van der Waals surface area contributed by atoms with Crippen LogP contribution in [0.1, 0.15) is 6.42 Å². The van der Waals surface area contributed by atoms with E-state index in [1.807, 2.05) is 0 Å². The first-order valence-electron chi connectivity index (χ1n) is 4.00. The Bertz CT molecular complexity index is 115. The molecule has 0 aromatic heterocycles. The quantitative estimate of drug-likeness (QED) is 0.480. The number of likely N-dealkylation sites (tertiary alicyclic amines) is 1. The number of hydrogen-bond acceptors (Lipinski definition) is 1. The Morgan fingerprint density at radius 2 is 1.90 bits per heavy atom. The summed E-state index contributed by atoms with van der Waals surface area (Å²) in [5, 5.41) is 0. The zero-order valence-electron chi connectivity index (χ0n) is 7.59. The Labute approximate surface area is 64.0 Å². The Hall–Kier alpha value is -0.0800. The lowest BCUT2D eigenvalue weighted by atomic mass is 10.2. The van der Waals surface area contributed by atoms with E-state index in [2.05, 4.69) is 33.1 Å². The Morgan fingerprint density at radius 3 is 2.10 bits per heavy atom. The average Bonchev–Trinajstić information content (AvgIpc) is 2.11. The van der Waals surface area contributed by atoms with Gasteiger partial charge >= 0.3 is 0 Å². The standard InChI is InChI=1S/C8H19N2/c1-9-6-5-8(7-9)10(2,3)4/h8H,5-7H2,1-4H3/q+1. The summed E-state index contributed by atoms with van der Waals surface area (Å²) >= 11 is 0. The molecule has 2 heteroatoms. The van der Waals surface area contributed by atoms with Crippen LogP contribution in [-0.4, -0.2) is 56.7 Å². The van der Waals surface area contributed by atoms with Gasteiger partial charge in [-0.2, -0.15) is 0 Å². The van der Waals surface area contributed by atoms with Crippen molar-refractivity contribution < 1.29 is 4.48 Å². The summed E-state index contributed by atoms with van der Waals surface area (Å²) in [6.45, 7) is 2.55. The molecule has 0 amide bonds. The van der Waals surface area contributed by atoms with Gasteiger partial charge in [0.25, 0.3) is 0 Å². The zero-order valence-corrected chi connectivity index (χ0v) is 7.59. The molecule has 1 unspecified atom stereocenters. The van der Waals surface area contributed by atoms with Gasteiger partial charge in [0.2, 0.25) is 0 Å². The van der Waals surface area contributed by atoms with Crippen LogP contribution in [0, 0.1) is 0 Å². The highest BCUT2D eigenvalue weighted by Crippen LogP contribution is 2.15. The molecular formula is C8H19N2+. The largest absolute Gasteiger partial charge is 0.327 e. The van der Waals surface area contributed by atoms with Crippen LogP contribution in [0.3, 0.4) is 0 Å². The first kappa shape index (κ1) is 8.02. The summed E-state index contributed by atoms with van der Waals surface area (Å²) in [6, 6.07) is 0.852. The minimum atomic E-state index is 0.852. The molecule has 1 saturated heterocycles. The third-order valence-corrected chi connectivity index (χ3v) is 2.46. The van der Waals surface area contributed by atoms with Gasteiger partial charge in [-0.25, -0.2) is 0 Å². The van der Waals surface area contributed by atoms with Crippen molar-refractivity contribution in [1.82, 2.24) is 4.90 Å².